The molecular formula is C17H19F2NO2. The lowest BCUT2D eigenvalue weighted by Crippen LogP contribution is -2.10. The predicted octanol–water partition coefficient (Wildman–Crippen LogP) is 4.68. The van der Waals surface area contributed by atoms with Crippen LogP contribution < -0.4 is 0 Å². The number of aromatic nitrogens is 1. The molecule has 0 fully saturated rings. The van der Waals surface area contributed by atoms with Gasteiger partial charge in [-0.25, -0.2) is 4.79 Å². The van der Waals surface area contributed by atoms with Crippen molar-refractivity contribution in [3.05, 3.63) is 47.7 Å². The first-order chi connectivity index (χ1) is 10.5. The van der Waals surface area contributed by atoms with E-state index in [2.05, 4.69) is 0 Å². The molecule has 0 aliphatic rings. The molecule has 0 amide bonds. The molecule has 2 aromatic rings. The minimum absolute atomic E-state index is 0.0972. The third-order valence-corrected chi connectivity index (χ3v) is 3.66. The molecule has 0 N–H and O–H groups in total. The number of unbranched alkanes of at least 4 members (excludes halogenated alkanes) is 1. The number of carbonyl (C=O) groups is 1. The number of para-hydroxylation sites is 1. The number of hydrogen-bond acceptors (Lipinski definition) is 2. The Morgan fingerprint density at radius 2 is 1.95 bits per heavy atom. The molecule has 0 unspecified atom stereocenters. The Bertz CT molecular complexity index is 700. The molecule has 3 nitrogen and oxygen atoms in total. The number of hydrogen-bond donors (Lipinski definition) is 0. The molecule has 0 saturated carbocycles. The maximum atomic E-state index is 12.2. The zero-order chi connectivity index (χ0) is 16.1. The summed E-state index contributed by atoms with van der Waals surface area (Å²) in [6, 6.07) is 9.50. The molecule has 1 aromatic heterocycles. The molecule has 2 rings (SSSR count). The van der Waals surface area contributed by atoms with Crippen molar-refractivity contribution in [2.24, 2.45) is 7.05 Å². The smallest absolute Gasteiger partial charge is 0.354 e. The van der Waals surface area contributed by atoms with Gasteiger partial charge in [0.25, 0.3) is 6.08 Å². The Balaban J connectivity index is 1.87. The molecule has 118 valence electrons. The van der Waals surface area contributed by atoms with Crippen LogP contribution in [0.1, 0.15) is 36.7 Å². The van der Waals surface area contributed by atoms with Crippen LogP contribution in [0.3, 0.4) is 0 Å². The highest BCUT2D eigenvalue weighted by Crippen LogP contribution is 2.19. The van der Waals surface area contributed by atoms with Crippen molar-refractivity contribution in [3.8, 4) is 0 Å². The quantitative estimate of drug-likeness (QED) is 0.573. The van der Waals surface area contributed by atoms with Gasteiger partial charge in [-0.1, -0.05) is 18.2 Å². The van der Waals surface area contributed by atoms with Gasteiger partial charge in [-0.15, -0.1) is 0 Å². The third-order valence-electron chi connectivity index (χ3n) is 3.66. The highest BCUT2D eigenvalue weighted by Gasteiger charge is 2.14. The van der Waals surface area contributed by atoms with Crippen LogP contribution in [-0.2, 0) is 11.8 Å². The maximum absolute atomic E-state index is 12.2. The number of halogens is 2. The predicted molar refractivity (Wildman–Crippen MR) is 82.0 cm³/mol. The molecular weight excluding hydrogens is 288 g/mol. The SMILES string of the molecule is CC(CCCCOC(=O)c1cc2ccccc2n1C)=C(F)F. The molecule has 0 aliphatic carbocycles. The monoisotopic (exact) mass is 307 g/mol. The Labute approximate surface area is 128 Å². The van der Waals surface area contributed by atoms with Gasteiger partial charge in [-0.2, -0.15) is 8.78 Å². The average molecular weight is 307 g/mol. The number of ether oxygens (including phenoxy) is 1. The summed E-state index contributed by atoms with van der Waals surface area (Å²) in [5.74, 6) is -0.386. The maximum Gasteiger partial charge on any atom is 0.354 e. The van der Waals surface area contributed by atoms with Crippen molar-refractivity contribution in [2.75, 3.05) is 6.61 Å². The average Bonchev–Trinajstić information content (AvgIpc) is 2.84. The molecule has 0 spiro atoms. The normalized spacial score (nSPS) is 10.7. The van der Waals surface area contributed by atoms with Crippen LogP contribution in [0.15, 0.2) is 42.0 Å². The zero-order valence-electron chi connectivity index (χ0n) is 12.7. The van der Waals surface area contributed by atoms with Gasteiger partial charge >= 0.3 is 5.97 Å². The van der Waals surface area contributed by atoms with Crippen LogP contribution >= 0.6 is 0 Å². The number of nitrogens with zero attached hydrogens (tertiary/aromatic N) is 1. The molecule has 1 aromatic carbocycles. The van der Waals surface area contributed by atoms with Crippen molar-refractivity contribution in [1.29, 1.82) is 0 Å². The largest absolute Gasteiger partial charge is 0.461 e. The van der Waals surface area contributed by atoms with Gasteiger partial charge in [0.05, 0.1) is 6.61 Å². The van der Waals surface area contributed by atoms with E-state index in [4.69, 9.17) is 4.74 Å². The van der Waals surface area contributed by atoms with Crippen LogP contribution in [-0.4, -0.2) is 17.1 Å². The van der Waals surface area contributed by atoms with E-state index in [1.54, 1.807) is 10.6 Å². The molecule has 0 aliphatic heterocycles. The standard InChI is InChI=1S/C17H19F2NO2/c1-12(16(18)19)7-5-6-10-22-17(21)15-11-13-8-3-4-9-14(13)20(15)2/h3-4,8-9,11H,5-7,10H2,1-2H3. The Hall–Kier alpha value is -2.17. The first-order valence-corrected chi connectivity index (χ1v) is 7.23. The number of aryl methyl sites for hydroxylation is 1. The minimum Gasteiger partial charge on any atom is -0.461 e. The van der Waals surface area contributed by atoms with Gasteiger partial charge in [-0.3, -0.25) is 0 Å². The zero-order valence-corrected chi connectivity index (χ0v) is 12.7. The van der Waals surface area contributed by atoms with Gasteiger partial charge in [0.2, 0.25) is 0 Å². The summed E-state index contributed by atoms with van der Waals surface area (Å²) in [6.45, 7) is 1.65. The van der Waals surface area contributed by atoms with Crippen LogP contribution in [0, 0.1) is 0 Å². The second-order valence-corrected chi connectivity index (χ2v) is 5.28. The van der Waals surface area contributed by atoms with Gasteiger partial charge in [-0.05, 0) is 43.9 Å². The first-order valence-electron chi connectivity index (χ1n) is 7.23. The van der Waals surface area contributed by atoms with Gasteiger partial charge in [0.1, 0.15) is 5.69 Å². The summed E-state index contributed by atoms with van der Waals surface area (Å²) >= 11 is 0. The number of allylic oxidation sites excluding steroid dienone is 1. The van der Waals surface area contributed by atoms with Crippen molar-refractivity contribution < 1.29 is 18.3 Å². The number of carbonyl (C=O) groups excluding carboxylic acids is 1. The van der Waals surface area contributed by atoms with E-state index < -0.39 is 6.08 Å². The number of esters is 1. The summed E-state index contributed by atoms with van der Waals surface area (Å²) in [4.78, 5) is 12.1. The first kappa shape index (κ1) is 16.2. The van der Waals surface area contributed by atoms with E-state index in [1.165, 1.54) is 6.92 Å². The van der Waals surface area contributed by atoms with Crippen LogP contribution in [0.5, 0.6) is 0 Å². The van der Waals surface area contributed by atoms with E-state index >= 15 is 0 Å². The van der Waals surface area contributed by atoms with Crippen LogP contribution in [0.4, 0.5) is 8.78 Å². The second kappa shape index (κ2) is 7.20. The van der Waals surface area contributed by atoms with Gasteiger partial charge < -0.3 is 9.30 Å². The number of benzene rings is 1. The van der Waals surface area contributed by atoms with Crippen LogP contribution in [0.2, 0.25) is 0 Å². The number of fused-ring (bicyclic) bond motifs is 1. The van der Waals surface area contributed by atoms with E-state index in [0.29, 0.717) is 25.0 Å². The summed E-state index contributed by atoms with van der Waals surface area (Å²) in [5, 5.41) is 0.983. The summed E-state index contributed by atoms with van der Waals surface area (Å²) < 4.78 is 31.5. The highest BCUT2D eigenvalue weighted by atomic mass is 19.3. The topological polar surface area (TPSA) is 31.2 Å². The fourth-order valence-corrected chi connectivity index (χ4v) is 2.31. The lowest BCUT2D eigenvalue weighted by Gasteiger charge is -2.06. The fraction of sp³-hybridized carbons (Fsp3) is 0.353. The molecule has 22 heavy (non-hydrogen) atoms. The van der Waals surface area contributed by atoms with Crippen molar-refractivity contribution in [3.63, 3.8) is 0 Å². The van der Waals surface area contributed by atoms with E-state index in [0.717, 1.165) is 10.9 Å². The Kier molecular flexibility index (Phi) is 5.31. The second-order valence-electron chi connectivity index (χ2n) is 5.28. The molecule has 0 atom stereocenters. The Morgan fingerprint density at radius 1 is 1.23 bits per heavy atom. The third kappa shape index (κ3) is 3.72. The van der Waals surface area contributed by atoms with Crippen molar-refractivity contribution >= 4 is 16.9 Å². The number of rotatable bonds is 6. The van der Waals surface area contributed by atoms with Crippen LogP contribution in [0.25, 0.3) is 10.9 Å². The highest BCUT2D eigenvalue weighted by molar-refractivity contribution is 5.95. The van der Waals surface area contributed by atoms with E-state index in [1.807, 2.05) is 31.3 Å². The summed E-state index contributed by atoms with van der Waals surface area (Å²) in [6.07, 6.45) is -0.146. The summed E-state index contributed by atoms with van der Waals surface area (Å²) in [7, 11) is 1.82. The molecule has 5 heteroatoms. The van der Waals surface area contributed by atoms with E-state index in [9.17, 15) is 13.6 Å². The fourth-order valence-electron chi connectivity index (χ4n) is 2.31. The lowest BCUT2D eigenvalue weighted by atomic mass is 10.1. The van der Waals surface area contributed by atoms with E-state index in [-0.39, 0.29) is 18.1 Å². The van der Waals surface area contributed by atoms with Gasteiger partial charge in [0, 0.05) is 18.0 Å². The van der Waals surface area contributed by atoms with Crippen molar-refractivity contribution in [1.82, 2.24) is 4.57 Å². The molecule has 0 radical (unpaired) electrons. The lowest BCUT2D eigenvalue weighted by molar-refractivity contribution is 0.0488. The van der Waals surface area contributed by atoms with Crippen molar-refractivity contribution in [2.45, 2.75) is 26.2 Å². The molecule has 1 heterocycles. The molecule has 0 bridgehead atoms. The minimum atomic E-state index is -1.62. The summed E-state index contributed by atoms with van der Waals surface area (Å²) in [5.41, 5.74) is 1.56. The van der Waals surface area contributed by atoms with Gasteiger partial charge in [0.15, 0.2) is 0 Å². The Morgan fingerprint density at radius 3 is 2.64 bits per heavy atom. The molecule has 0 saturated heterocycles.